The minimum Gasteiger partial charge on any atom is -0.481 e. The van der Waals surface area contributed by atoms with Crippen LogP contribution in [0, 0.1) is 5.82 Å². The molecule has 0 bridgehead atoms. The summed E-state index contributed by atoms with van der Waals surface area (Å²) in [7, 11) is 1.64. The third-order valence-corrected chi connectivity index (χ3v) is 5.11. The Kier molecular flexibility index (Phi) is 9.38. The Hall–Kier alpha value is -2.15. The van der Waals surface area contributed by atoms with Gasteiger partial charge in [0.05, 0.1) is 11.4 Å². The summed E-state index contributed by atoms with van der Waals surface area (Å²) in [4.78, 5) is 25.4. The molecule has 1 aromatic carbocycles. The molecule has 0 aromatic heterocycles. The molecule has 0 aliphatic carbocycles. The maximum absolute atomic E-state index is 13.5. The lowest BCUT2D eigenvalue weighted by molar-refractivity contribution is -0.138. The van der Waals surface area contributed by atoms with E-state index in [0.717, 1.165) is 23.4 Å². The number of hydrogen-bond donors (Lipinski definition) is 2. The first-order valence-corrected chi connectivity index (χ1v) is 10.1. The molecule has 1 atom stereocenters. The van der Waals surface area contributed by atoms with E-state index in [0.29, 0.717) is 5.56 Å². The fraction of sp³-hybridized carbons (Fsp3) is 0.476. The molecule has 1 heterocycles. The summed E-state index contributed by atoms with van der Waals surface area (Å²) in [6.45, 7) is 8.24. The van der Waals surface area contributed by atoms with Crippen molar-refractivity contribution in [3.05, 3.63) is 46.2 Å². The number of rotatable bonds is 5. The number of thioether (sulfide) groups is 1. The van der Waals surface area contributed by atoms with Gasteiger partial charge in [-0.05, 0) is 23.5 Å². The van der Waals surface area contributed by atoms with Crippen LogP contribution in [0.2, 0.25) is 0 Å². The lowest BCUT2D eigenvalue weighted by atomic mass is 9.86. The third-order valence-electron chi connectivity index (χ3n) is 3.92. The maximum atomic E-state index is 13.5. The number of carboxylic acids is 1. The molecule has 0 spiro atoms. The summed E-state index contributed by atoms with van der Waals surface area (Å²) in [6.07, 6.45) is 5.28. The highest BCUT2D eigenvalue weighted by Gasteiger charge is 2.30. The number of benzene rings is 1. The molecule has 2 N–H and O–H groups in total. The fourth-order valence-electron chi connectivity index (χ4n) is 2.34. The first kappa shape index (κ1) is 23.9. The smallest absolute Gasteiger partial charge is 0.305 e. The largest absolute Gasteiger partial charge is 0.481 e. The van der Waals surface area contributed by atoms with Crippen LogP contribution in [0.4, 0.5) is 4.39 Å². The molecular weight excluding hydrogens is 379 g/mol. The summed E-state index contributed by atoms with van der Waals surface area (Å²) < 4.78 is 13.5. The standard InChI is InChI=1S/C12H16FN.C9H13NO3S/c1-12(2,3)10-6-5-9(8-14-4)11(13)7-10;1-2-3-4-7-10-9(13)6(14-7)5-8(11)12/h5-8H,1-4H3;4,6H,2-3,5H2,1H3,(H,10,13)(H,11,12)/b;7-4-. The lowest BCUT2D eigenvalue weighted by Crippen LogP contribution is -2.24. The summed E-state index contributed by atoms with van der Waals surface area (Å²) in [5.41, 5.74) is 1.53. The number of amides is 1. The Morgan fingerprint density at radius 2 is 2.07 bits per heavy atom. The molecule has 5 nitrogen and oxygen atoms in total. The molecule has 1 amide bonds. The Labute approximate surface area is 170 Å². The monoisotopic (exact) mass is 408 g/mol. The number of unbranched alkanes of at least 4 members (excludes halogenated alkanes) is 1. The van der Waals surface area contributed by atoms with Gasteiger partial charge in [-0.1, -0.05) is 64.1 Å². The van der Waals surface area contributed by atoms with Crippen LogP contribution >= 0.6 is 11.8 Å². The molecule has 154 valence electrons. The number of aliphatic imine (C=N–C) groups is 1. The molecule has 1 fully saturated rings. The highest BCUT2D eigenvalue weighted by molar-refractivity contribution is 8.04. The van der Waals surface area contributed by atoms with Crippen molar-refractivity contribution in [2.75, 3.05) is 7.05 Å². The van der Waals surface area contributed by atoms with Crippen LogP contribution in [0.3, 0.4) is 0 Å². The molecule has 28 heavy (non-hydrogen) atoms. The minimum absolute atomic E-state index is 0.0112. The van der Waals surface area contributed by atoms with E-state index >= 15 is 0 Å². The quantitative estimate of drug-likeness (QED) is 0.703. The summed E-state index contributed by atoms with van der Waals surface area (Å²) in [5, 5.41) is 11.5. The summed E-state index contributed by atoms with van der Waals surface area (Å²) >= 11 is 1.31. The molecule has 7 heteroatoms. The molecular formula is C21H29FN2O3S. The topological polar surface area (TPSA) is 78.8 Å². The molecule has 1 saturated heterocycles. The molecule has 1 aliphatic heterocycles. The number of halogens is 1. The van der Waals surface area contributed by atoms with Crippen molar-refractivity contribution in [1.29, 1.82) is 0 Å². The second-order valence-electron chi connectivity index (χ2n) is 7.42. The van der Waals surface area contributed by atoms with Crippen LogP contribution in [-0.2, 0) is 15.0 Å². The predicted octanol–water partition coefficient (Wildman–Crippen LogP) is 4.51. The lowest BCUT2D eigenvalue weighted by Gasteiger charge is -2.19. The number of hydrogen-bond acceptors (Lipinski definition) is 4. The van der Waals surface area contributed by atoms with Crippen molar-refractivity contribution < 1.29 is 19.1 Å². The zero-order chi connectivity index (χ0) is 21.3. The van der Waals surface area contributed by atoms with Crippen molar-refractivity contribution in [3.8, 4) is 0 Å². The van der Waals surface area contributed by atoms with E-state index in [-0.39, 0.29) is 23.6 Å². The number of allylic oxidation sites excluding steroid dienone is 1. The summed E-state index contributed by atoms with van der Waals surface area (Å²) in [6, 6.07) is 5.29. The van der Waals surface area contributed by atoms with Crippen molar-refractivity contribution in [1.82, 2.24) is 5.32 Å². The van der Waals surface area contributed by atoms with Crippen LogP contribution in [0.1, 0.15) is 58.1 Å². The van der Waals surface area contributed by atoms with Crippen molar-refractivity contribution in [3.63, 3.8) is 0 Å². The number of aliphatic carboxylic acids is 1. The first-order valence-electron chi connectivity index (χ1n) is 9.20. The molecule has 1 unspecified atom stereocenters. The van der Waals surface area contributed by atoms with E-state index in [2.05, 4.69) is 31.1 Å². The third kappa shape index (κ3) is 7.84. The van der Waals surface area contributed by atoms with E-state index < -0.39 is 11.2 Å². The zero-order valence-electron chi connectivity index (χ0n) is 17.1. The Morgan fingerprint density at radius 1 is 1.39 bits per heavy atom. The van der Waals surface area contributed by atoms with Crippen LogP contribution < -0.4 is 5.32 Å². The van der Waals surface area contributed by atoms with E-state index in [1.165, 1.54) is 18.0 Å². The number of nitrogens with zero attached hydrogens (tertiary/aromatic N) is 1. The normalized spacial score (nSPS) is 18.1. The minimum atomic E-state index is -0.936. The second kappa shape index (κ2) is 11.0. The van der Waals surface area contributed by atoms with Crippen LogP contribution in [-0.4, -0.2) is 35.5 Å². The number of carboxylic acid groups (broad SMARTS) is 1. The van der Waals surface area contributed by atoms with Gasteiger partial charge < -0.3 is 10.4 Å². The van der Waals surface area contributed by atoms with Gasteiger partial charge in [-0.2, -0.15) is 0 Å². The van der Waals surface area contributed by atoms with E-state index in [1.807, 2.05) is 19.1 Å². The highest BCUT2D eigenvalue weighted by atomic mass is 32.2. The number of nitrogens with one attached hydrogen (secondary N) is 1. The predicted molar refractivity (Wildman–Crippen MR) is 113 cm³/mol. The van der Waals surface area contributed by atoms with Gasteiger partial charge in [0.25, 0.3) is 0 Å². The zero-order valence-corrected chi connectivity index (χ0v) is 17.9. The number of carbonyl (C=O) groups is 2. The average Bonchev–Trinajstić information content (AvgIpc) is 2.93. The SMILES string of the molecule is CCC/C=C1/NC(=O)C(CC(=O)O)S1.CN=Cc1ccc(C(C)(C)C)cc1F. The van der Waals surface area contributed by atoms with Crippen LogP contribution in [0.15, 0.2) is 34.3 Å². The van der Waals surface area contributed by atoms with Crippen LogP contribution in [0.25, 0.3) is 0 Å². The van der Waals surface area contributed by atoms with Gasteiger partial charge in [0.2, 0.25) is 5.91 Å². The highest BCUT2D eigenvalue weighted by Crippen LogP contribution is 2.29. The van der Waals surface area contributed by atoms with Gasteiger partial charge in [-0.3, -0.25) is 14.6 Å². The van der Waals surface area contributed by atoms with Gasteiger partial charge >= 0.3 is 5.97 Å². The van der Waals surface area contributed by atoms with Gasteiger partial charge in [-0.25, -0.2) is 4.39 Å². The van der Waals surface area contributed by atoms with E-state index in [4.69, 9.17) is 5.11 Å². The molecule has 1 aromatic rings. The Bertz CT molecular complexity index is 755. The van der Waals surface area contributed by atoms with E-state index in [1.54, 1.807) is 19.2 Å². The van der Waals surface area contributed by atoms with Crippen LogP contribution in [0.5, 0.6) is 0 Å². The average molecular weight is 409 g/mol. The van der Waals surface area contributed by atoms with Crippen molar-refractivity contribution >= 4 is 29.9 Å². The molecule has 0 saturated carbocycles. The van der Waals surface area contributed by atoms with Gasteiger partial charge in [-0.15, -0.1) is 0 Å². The number of carbonyl (C=O) groups excluding carboxylic acids is 1. The Morgan fingerprint density at radius 3 is 2.57 bits per heavy atom. The van der Waals surface area contributed by atoms with Crippen molar-refractivity contribution in [2.45, 2.75) is 57.6 Å². The molecule has 2 rings (SSSR count). The van der Waals surface area contributed by atoms with Gasteiger partial charge in [0, 0.05) is 18.8 Å². The maximum Gasteiger partial charge on any atom is 0.305 e. The first-order chi connectivity index (χ1) is 13.1. The van der Waals surface area contributed by atoms with Crippen molar-refractivity contribution in [2.24, 2.45) is 4.99 Å². The molecule has 0 radical (unpaired) electrons. The fourth-order valence-corrected chi connectivity index (χ4v) is 3.42. The second-order valence-corrected chi connectivity index (χ2v) is 8.67. The van der Waals surface area contributed by atoms with Gasteiger partial charge in [0.1, 0.15) is 11.1 Å². The van der Waals surface area contributed by atoms with E-state index in [9.17, 15) is 14.0 Å². The molecule has 1 aliphatic rings. The summed E-state index contributed by atoms with van der Waals surface area (Å²) in [5.74, 6) is -1.34. The van der Waals surface area contributed by atoms with Gasteiger partial charge in [0.15, 0.2) is 0 Å². The Balaban J connectivity index is 0.000000280.